The second-order valence-corrected chi connectivity index (χ2v) is 6.86. The van der Waals surface area contributed by atoms with E-state index in [0.717, 1.165) is 11.9 Å². The van der Waals surface area contributed by atoms with Crippen LogP contribution in [0.25, 0.3) is 0 Å². The fourth-order valence-electron chi connectivity index (χ4n) is 2.35. The van der Waals surface area contributed by atoms with Gasteiger partial charge in [-0.05, 0) is 48.9 Å². The molecular formula is C17H12BrClFN5O2. The molecule has 0 aliphatic rings. The number of nitrogens with one attached hydrogen (secondary N) is 2. The Kier molecular flexibility index (Phi) is 5.52. The minimum Gasteiger partial charge on any atom is -0.334 e. The minimum absolute atomic E-state index is 0.0274. The van der Waals surface area contributed by atoms with Gasteiger partial charge in [0.05, 0.1) is 10.6 Å². The molecule has 0 fully saturated rings. The molecule has 0 aliphatic heterocycles. The Bertz CT molecular complexity index is 962. The smallest absolute Gasteiger partial charge is 0.334 e. The fraction of sp³-hybridized carbons (Fsp3) is 0.0588. The number of aryl methyl sites for hydroxylation is 1. The molecule has 0 saturated heterocycles. The number of halogens is 3. The molecule has 0 radical (unpaired) electrons. The van der Waals surface area contributed by atoms with E-state index in [1.807, 2.05) is 0 Å². The Morgan fingerprint density at radius 1 is 1.11 bits per heavy atom. The molecule has 138 valence electrons. The number of benzene rings is 2. The number of aromatic nitrogens is 2. The normalized spacial score (nSPS) is 10.5. The van der Waals surface area contributed by atoms with Crippen LogP contribution in [-0.2, 0) is 0 Å². The zero-order valence-electron chi connectivity index (χ0n) is 13.8. The molecule has 27 heavy (non-hydrogen) atoms. The van der Waals surface area contributed by atoms with Crippen LogP contribution in [0.5, 0.6) is 0 Å². The lowest BCUT2D eigenvalue weighted by Crippen LogP contribution is -2.06. The molecule has 1 aromatic heterocycles. The van der Waals surface area contributed by atoms with Crippen molar-refractivity contribution in [3.8, 4) is 0 Å². The second-order valence-electron chi connectivity index (χ2n) is 5.51. The van der Waals surface area contributed by atoms with Gasteiger partial charge in [0, 0.05) is 15.2 Å². The maximum absolute atomic E-state index is 14.1. The van der Waals surface area contributed by atoms with E-state index in [0.29, 0.717) is 15.2 Å². The second kappa shape index (κ2) is 7.85. The summed E-state index contributed by atoms with van der Waals surface area (Å²) in [7, 11) is 0. The molecule has 0 aliphatic carbocycles. The number of hydrogen-bond acceptors (Lipinski definition) is 6. The van der Waals surface area contributed by atoms with Crippen LogP contribution in [-0.4, -0.2) is 14.9 Å². The molecule has 0 amide bonds. The van der Waals surface area contributed by atoms with Gasteiger partial charge in [0.25, 0.3) is 0 Å². The van der Waals surface area contributed by atoms with E-state index in [1.54, 1.807) is 31.2 Å². The van der Waals surface area contributed by atoms with Crippen molar-refractivity contribution in [2.24, 2.45) is 0 Å². The molecule has 0 bridgehead atoms. The third-order valence-corrected chi connectivity index (χ3v) is 4.36. The van der Waals surface area contributed by atoms with Crippen molar-refractivity contribution in [3.63, 3.8) is 0 Å². The van der Waals surface area contributed by atoms with Crippen LogP contribution in [0.15, 0.2) is 47.2 Å². The van der Waals surface area contributed by atoms with Crippen LogP contribution in [0.2, 0.25) is 5.02 Å². The third-order valence-electron chi connectivity index (χ3n) is 3.63. The van der Waals surface area contributed by atoms with E-state index in [-0.39, 0.29) is 17.3 Å². The van der Waals surface area contributed by atoms with Crippen LogP contribution in [0.1, 0.15) is 5.56 Å². The van der Waals surface area contributed by atoms with Crippen molar-refractivity contribution in [2.45, 2.75) is 6.92 Å². The van der Waals surface area contributed by atoms with Crippen LogP contribution < -0.4 is 10.6 Å². The maximum Gasteiger partial charge on any atom is 0.353 e. The fourth-order valence-corrected chi connectivity index (χ4v) is 2.91. The SMILES string of the molecule is Cc1cc(Cl)ccc1Nc1ncnc(Nc2ccc(Br)cc2F)c1[N+](=O)[O-]. The van der Waals surface area contributed by atoms with Crippen molar-refractivity contribution >= 4 is 56.2 Å². The number of hydrogen-bond donors (Lipinski definition) is 2. The molecule has 2 N–H and O–H groups in total. The van der Waals surface area contributed by atoms with Crippen molar-refractivity contribution in [1.82, 2.24) is 9.97 Å². The molecule has 7 nitrogen and oxygen atoms in total. The lowest BCUT2D eigenvalue weighted by Gasteiger charge is -2.12. The Balaban J connectivity index is 2.01. The first-order valence-electron chi connectivity index (χ1n) is 7.60. The van der Waals surface area contributed by atoms with Gasteiger partial charge in [-0.15, -0.1) is 0 Å². The third kappa shape index (κ3) is 4.32. The Labute approximate surface area is 166 Å². The molecule has 10 heteroatoms. The van der Waals surface area contributed by atoms with Crippen LogP contribution in [0.3, 0.4) is 0 Å². The highest BCUT2D eigenvalue weighted by molar-refractivity contribution is 9.10. The molecule has 0 spiro atoms. The molecule has 0 atom stereocenters. The van der Waals surface area contributed by atoms with Gasteiger partial charge in [0.1, 0.15) is 12.1 Å². The standard InChI is InChI=1S/C17H12BrClFN5O2/c1-9-6-11(19)3-5-13(9)23-16-15(25(26)27)17(22-8-21-16)24-14-4-2-10(18)7-12(14)20/h2-8H,1H3,(H2,21,22,23,24). The molecule has 0 unspecified atom stereocenters. The number of nitrogens with zero attached hydrogens (tertiary/aromatic N) is 3. The van der Waals surface area contributed by atoms with Gasteiger partial charge in [-0.1, -0.05) is 27.5 Å². The van der Waals surface area contributed by atoms with E-state index >= 15 is 0 Å². The maximum atomic E-state index is 14.1. The van der Waals surface area contributed by atoms with Gasteiger partial charge < -0.3 is 10.6 Å². The largest absolute Gasteiger partial charge is 0.353 e. The highest BCUT2D eigenvalue weighted by Gasteiger charge is 2.24. The summed E-state index contributed by atoms with van der Waals surface area (Å²) in [6.45, 7) is 1.80. The summed E-state index contributed by atoms with van der Waals surface area (Å²) >= 11 is 9.09. The number of nitro groups is 1. The Morgan fingerprint density at radius 2 is 1.74 bits per heavy atom. The number of rotatable bonds is 5. The average molecular weight is 453 g/mol. The van der Waals surface area contributed by atoms with Gasteiger partial charge in [0.15, 0.2) is 0 Å². The molecule has 1 heterocycles. The Hall–Kier alpha value is -2.78. The van der Waals surface area contributed by atoms with Gasteiger partial charge in [-0.2, -0.15) is 0 Å². The van der Waals surface area contributed by atoms with E-state index in [1.165, 1.54) is 12.1 Å². The van der Waals surface area contributed by atoms with Crippen molar-refractivity contribution in [1.29, 1.82) is 0 Å². The summed E-state index contributed by atoms with van der Waals surface area (Å²) in [4.78, 5) is 18.8. The molecule has 2 aromatic carbocycles. The summed E-state index contributed by atoms with van der Waals surface area (Å²) < 4.78 is 14.6. The first kappa shape index (κ1) is 19.0. The molecular weight excluding hydrogens is 441 g/mol. The van der Waals surface area contributed by atoms with E-state index in [2.05, 4.69) is 36.5 Å². The highest BCUT2D eigenvalue weighted by Crippen LogP contribution is 2.34. The summed E-state index contributed by atoms with van der Waals surface area (Å²) in [6.07, 6.45) is 1.15. The molecule has 3 rings (SSSR count). The van der Waals surface area contributed by atoms with Gasteiger partial charge in [-0.25, -0.2) is 14.4 Å². The van der Waals surface area contributed by atoms with Gasteiger partial charge in [0.2, 0.25) is 11.6 Å². The monoisotopic (exact) mass is 451 g/mol. The average Bonchev–Trinajstić information content (AvgIpc) is 2.60. The summed E-state index contributed by atoms with van der Waals surface area (Å²) in [5.74, 6) is -0.744. The summed E-state index contributed by atoms with van der Waals surface area (Å²) in [5.41, 5.74) is 1.02. The zero-order valence-corrected chi connectivity index (χ0v) is 16.2. The topological polar surface area (TPSA) is 93.0 Å². The van der Waals surface area contributed by atoms with Crippen LogP contribution in [0, 0.1) is 22.9 Å². The predicted molar refractivity (Wildman–Crippen MR) is 106 cm³/mol. The number of anilines is 4. The lowest BCUT2D eigenvalue weighted by atomic mass is 10.2. The highest BCUT2D eigenvalue weighted by atomic mass is 79.9. The van der Waals surface area contributed by atoms with E-state index < -0.39 is 16.4 Å². The minimum atomic E-state index is -0.632. The van der Waals surface area contributed by atoms with Crippen molar-refractivity contribution < 1.29 is 9.31 Å². The van der Waals surface area contributed by atoms with E-state index in [4.69, 9.17) is 11.6 Å². The summed E-state index contributed by atoms with van der Waals surface area (Å²) in [5, 5.41) is 17.7. The Morgan fingerprint density at radius 3 is 2.33 bits per heavy atom. The van der Waals surface area contributed by atoms with Crippen LogP contribution in [0.4, 0.5) is 33.1 Å². The predicted octanol–water partition coefficient (Wildman–Crippen LogP) is 5.74. The zero-order chi connectivity index (χ0) is 19.6. The lowest BCUT2D eigenvalue weighted by molar-refractivity contribution is -0.383. The summed E-state index contributed by atoms with van der Waals surface area (Å²) in [6, 6.07) is 9.35. The van der Waals surface area contributed by atoms with Crippen molar-refractivity contribution in [2.75, 3.05) is 10.6 Å². The molecule has 3 aromatic rings. The van der Waals surface area contributed by atoms with Gasteiger partial charge >= 0.3 is 5.69 Å². The van der Waals surface area contributed by atoms with Gasteiger partial charge in [-0.3, -0.25) is 10.1 Å². The van der Waals surface area contributed by atoms with E-state index in [9.17, 15) is 14.5 Å². The first-order chi connectivity index (χ1) is 12.8. The molecule has 0 saturated carbocycles. The first-order valence-corrected chi connectivity index (χ1v) is 8.77. The quantitative estimate of drug-likeness (QED) is 0.379. The van der Waals surface area contributed by atoms with Crippen LogP contribution >= 0.6 is 27.5 Å². The van der Waals surface area contributed by atoms with Crippen molar-refractivity contribution in [3.05, 3.63) is 73.7 Å².